The van der Waals surface area contributed by atoms with Crippen LogP contribution in [0.15, 0.2) is 59.9 Å². The first kappa shape index (κ1) is 22.0. The summed E-state index contributed by atoms with van der Waals surface area (Å²) in [6.07, 6.45) is 0.359. The maximum atomic E-state index is 12.9. The Balaban J connectivity index is 1.69. The van der Waals surface area contributed by atoms with Gasteiger partial charge in [-0.15, -0.1) is 0 Å². The lowest BCUT2D eigenvalue weighted by atomic mass is 9.85. The van der Waals surface area contributed by atoms with E-state index in [4.69, 9.17) is 4.74 Å². The van der Waals surface area contributed by atoms with E-state index in [1.807, 2.05) is 0 Å². The fourth-order valence-electron chi connectivity index (χ4n) is 3.52. The highest BCUT2D eigenvalue weighted by Crippen LogP contribution is 2.26. The molecular weight excluding hydrogens is 400 g/mol. The fourth-order valence-corrected chi connectivity index (χ4v) is 3.52. The van der Waals surface area contributed by atoms with Crippen LogP contribution in [0.25, 0.3) is 0 Å². The summed E-state index contributed by atoms with van der Waals surface area (Å²) in [5, 5.41) is 19.0. The number of phenols is 2. The molecule has 0 spiro atoms. The number of carbonyl (C=O) groups excluding carboxylic acids is 4. The Morgan fingerprint density at radius 3 is 2.00 bits per heavy atom. The van der Waals surface area contributed by atoms with Crippen molar-refractivity contribution in [2.75, 3.05) is 0 Å². The molecule has 160 valence electrons. The van der Waals surface area contributed by atoms with Crippen molar-refractivity contribution in [3.8, 4) is 11.5 Å². The van der Waals surface area contributed by atoms with E-state index in [1.165, 1.54) is 31.2 Å². The number of hydrogen-bond acceptors (Lipinski definition) is 7. The lowest BCUT2D eigenvalue weighted by Crippen LogP contribution is -2.40. The number of benzene rings is 2. The van der Waals surface area contributed by atoms with Crippen LogP contribution in [0.5, 0.6) is 11.5 Å². The highest BCUT2D eigenvalue weighted by molar-refractivity contribution is 6.32. The SMILES string of the molecule is CC1=C(C(=O)CCc2cccc(O)c2)C(=O)C(C(=O)CCc2cccc(O)c2)C(=O)O1. The fraction of sp³-hybridized carbons (Fsp3) is 0.250. The van der Waals surface area contributed by atoms with Gasteiger partial charge in [-0.2, -0.15) is 0 Å². The van der Waals surface area contributed by atoms with Crippen LogP contribution in [0.2, 0.25) is 0 Å². The Morgan fingerprint density at radius 2 is 1.45 bits per heavy atom. The molecule has 1 atom stereocenters. The largest absolute Gasteiger partial charge is 0.508 e. The molecule has 2 N–H and O–H groups in total. The van der Waals surface area contributed by atoms with Gasteiger partial charge in [-0.05, 0) is 55.2 Å². The predicted molar refractivity (Wildman–Crippen MR) is 110 cm³/mol. The summed E-state index contributed by atoms with van der Waals surface area (Å²) >= 11 is 0. The molecule has 0 bridgehead atoms. The third-order valence-corrected chi connectivity index (χ3v) is 5.07. The quantitative estimate of drug-likeness (QED) is 0.381. The second-order valence-electron chi connectivity index (χ2n) is 7.38. The molecule has 1 aliphatic rings. The van der Waals surface area contributed by atoms with Gasteiger partial charge in [-0.1, -0.05) is 24.3 Å². The normalized spacial score (nSPS) is 16.2. The summed E-state index contributed by atoms with van der Waals surface area (Å²) in [5.41, 5.74) is 1.13. The number of aromatic hydroxyl groups is 2. The van der Waals surface area contributed by atoms with Crippen molar-refractivity contribution in [1.82, 2.24) is 0 Å². The predicted octanol–water partition coefficient (Wildman–Crippen LogP) is 2.82. The molecule has 0 saturated carbocycles. The van der Waals surface area contributed by atoms with Gasteiger partial charge in [0.1, 0.15) is 22.8 Å². The molecule has 1 aliphatic heterocycles. The minimum absolute atomic E-state index is 0.0381. The van der Waals surface area contributed by atoms with Crippen LogP contribution >= 0.6 is 0 Å². The lowest BCUT2D eigenvalue weighted by Gasteiger charge is -2.22. The first-order valence-corrected chi connectivity index (χ1v) is 9.84. The van der Waals surface area contributed by atoms with Crippen LogP contribution in [0.3, 0.4) is 0 Å². The van der Waals surface area contributed by atoms with Crippen molar-refractivity contribution in [3.63, 3.8) is 0 Å². The summed E-state index contributed by atoms with van der Waals surface area (Å²) in [5.74, 6) is -4.62. The highest BCUT2D eigenvalue weighted by Gasteiger charge is 2.43. The molecule has 0 aliphatic carbocycles. The van der Waals surface area contributed by atoms with Crippen LogP contribution in [-0.2, 0) is 36.8 Å². The Labute approximate surface area is 179 Å². The van der Waals surface area contributed by atoms with E-state index < -0.39 is 29.2 Å². The van der Waals surface area contributed by atoms with Gasteiger partial charge in [-0.3, -0.25) is 19.2 Å². The summed E-state index contributed by atoms with van der Waals surface area (Å²) < 4.78 is 5.06. The molecule has 0 fully saturated rings. The van der Waals surface area contributed by atoms with Crippen LogP contribution in [0, 0.1) is 5.92 Å². The Morgan fingerprint density at radius 1 is 0.903 bits per heavy atom. The molecule has 31 heavy (non-hydrogen) atoms. The molecule has 1 heterocycles. The first-order valence-electron chi connectivity index (χ1n) is 9.84. The molecule has 1 unspecified atom stereocenters. The second kappa shape index (κ2) is 9.38. The Kier molecular flexibility index (Phi) is 6.65. The third-order valence-electron chi connectivity index (χ3n) is 5.07. The first-order chi connectivity index (χ1) is 14.8. The molecule has 7 nitrogen and oxygen atoms in total. The van der Waals surface area contributed by atoms with Gasteiger partial charge >= 0.3 is 5.97 Å². The van der Waals surface area contributed by atoms with Gasteiger partial charge in [0.2, 0.25) is 0 Å². The van der Waals surface area contributed by atoms with Crippen molar-refractivity contribution in [3.05, 3.63) is 71.0 Å². The number of aryl methyl sites for hydroxylation is 2. The zero-order valence-corrected chi connectivity index (χ0v) is 17.0. The number of hydrogen-bond donors (Lipinski definition) is 2. The zero-order chi connectivity index (χ0) is 22.5. The third kappa shape index (κ3) is 5.25. The number of ketones is 3. The van der Waals surface area contributed by atoms with E-state index in [9.17, 15) is 29.4 Å². The number of allylic oxidation sites excluding steroid dienone is 2. The molecule has 2 aromatic carbocycles. The monoisotopic (exact) mass is 422 g/mol. The maximum absolute atomic E-state index is 12.9. The zero-order valence-electron chi connectivity index (χ0n) is 17.0. The average molecular weight is 422 g/mol. The molecule has 0 saturated heterocycles. The number of esters is 1. The number of cyclic esters (lactones) is 1. The van der Waals surface area contributed by atoms with E-state index in [1.54, 1.807) is 24.3 Å². The van der Waals surface area contributed by atoms with Crippen molar-refractivity contribution in [2.45, 2.75) is 32.6 Å². The molecule has 0 amide bonds. The van der Waals surface area contributed by atoms with Crippen LogP contribution in [-0.4, -0.2) is 33.5 Å². The van der Waals surface area contributed by atoms with Gasteiger partial charge in [0.25, 0.3) is 0 Å². The summed E-state index contributed by atoms with van der Waals surface area (Å²) in [4.78, 5) is 50.4. The van der Waals surface area contributed by atoms with Crippen molar-refractivity contribution in [2.24, 2.45) is 5.92 Å². The van der Waals surface area contributed by atoms with Crippen LogP contribution < -0.4 is 0 Å². The number of rotatable bonds is 8. The maximum Gasteiger partial charge on any atom is 0.329 e. The Hall–Kier alpha value is -3.74. The molecule has 0 radical (unpaired) electrons. The van der Waals surface area contributed by atoms with Gasteiger partial charge in [0, 0.05) is 12.8 Å². The number of carbonyl (C=O) groups is 4. The van der Waals surface area contributed by atoms with E-state index in [2.05, 4.69) is 0 Å². The topological polar surface area (TPSA) is 118 Å². The van der Waals surface area contributed by atoms with E-state index in [-0.39, 0.29) is 48.5 Å². The summed E-state index contributed by atoms with van der Waals surface area (Å²) in [7, 11) is 0. The van der Waals surface area contributed by atoms with Gasteiger partial charge in [-0.25, -0.2) is 0 Å². The van der Waals surface area contributed by atoms with Crippen molar-refractivity contribution in [1.29, 1.82) is 0 Å². The number of ether oxygens (including phenoxy) is 1. The van der Waals surface area contributed by atoms with Gasteiger partial charge in [0.05, 0.1) is 0 Å². The van der Waals surface area contributed by atoms with Crippen molar-refractivity contribution >= 4 is 23.3 Å². The molecule has 3 rings (SSSR count). The molecule has 2 aromatic rings. The summed E-state index contributed by atoms with van der Waals surface area (Å²) in [6, 6.07) is 12.8. The standard InChI is InChI=1S/C24H22O7/c1-14-21(19(27)10-8-15-4-2-6-17(25)12-15)23(29)22(24(30)31-14)20(28)11-9-16-5-3-7-18(26)13-16/h2-7,12-13,22,25-26H,8-11H2,1H3. The molecule has 7 heteroatoms. The van der Waals surface area contributed by atoms with Crippen molar-refractivity contribution < 1.29 is 34.1 Å². The lowest BCUT2D eigenvalue weighted by molar-refractivity contribution is -0.153. The minimum Gasteiger partial charge on any atom is -0.508 e. The number of Topliss-reactive ketones (excluding diaryl/α,β-unsaturated/α-hetero) is 3. The van der Waals surface area contributed by atoms with Crippen LogP contribution in [0.4, 0.5) is 0 Å². The minimum atomic E-state index is -1.67. The van der Waals surface area contributed by atoms with Crippen LogP contribution in [0.1, 0.15) is 30.9 Å². The smallest absolute Gasteiger partial charge is 0.329 e. The van der Waals surface area contributed by atoms with Gasteiger partial charge < -0.3 is 14.9 Å². The van der Waals surface area contributed by atoms with Gasteiger partial charge in [0.15, 0.2) is 23.3 Å². The Bertz CT molecular complexity index is 1080. The molecular formula is C24H22O7. The van der Waals surface area contributed by atoms with E-state index in [0.29, 0.717) is 11.1 Å². The highest BCUT2D eigenvalue weighted by atomic mass is 16.5. The average Bonchev–Trinajstić information content (AvgIpc) is 2.70. The van der Waals surface area contributed by atoms with E-state index >= 15 is 0 Å². The molecule has 0 aromatic heterocycles. The summed E-state index contributed by atoms with van der Waals surface area (Å²) in [6.45, 7) is 1.35. The second-order valence-corrected chi connectivity index (χ2v) is 7.38. The van der Waals surface area contributed by atoms with E-state index in [0.717, 1.165) is 0 Å². The number of phenolic OH excluding ortho intramolecular Hbond substituents is 2.